The first-order chi connectivity index (χ1) is 10.2. The molecule has 4 bridgehead atoms. The lowest BCUT2D eigenvalue weighted by atomic mass is 9.51. The van der Waals surface area contributed by atoms with Gasteiger partial charge in [-0.15, -0.1) is 0 Å². The standard InChI is InChI=1S/C18H22Br2O/c1-21-16-3-2-14(19)9-15(16)18(20)17-12-5-10-4-11(7-12)8-13(17)6-10/h2-3,9-13,17-18H,4-8H2,1H3. The van der Waals surface area contributed by atoms with Crippen molar-refractivity contribution in [2.45, 2.75) is 36.9 Å². The highest BCUT2D eigenvalue weighted by atomic mass is 79.9. The summed E-state index contributed by atoms with van der Waals surface area (Å²) in [6.45, 7) is 0. The van der Waals surface area contributed by atoms with Crippen LogP contribution >= 0.6 is 31.9 Å². The van der Waals surface area contributed by atoms with E-state index in [-0.39, 0.29) is 0 Å². The maximum absolute atomic E-state index is 5.61. The minimum absolute atomic E-state index is 0.431. The second kappa shape index (κ2) is 5.56. The maximum Gasteiger partial charge on any atom is 0.123 e. The van der Waals surface area contributed by atoms with Crippen molar-refractivity contribution in [3.63, 3.8) is 0 Å². The molecule has 3 heteroatoms. The summed E-state index contributed by atoms with van der Waals surface area (Å²) in [5.41, 5.74) is 1.32. The third-order valence-electron chi connectivity index (χ3n) is 6.13. The SMILES string of the molecule is COc1ccc(Br)cc1C(Br)C1C2CC3CC(C2)CC1C3. The average molecular weight is 414 g/mol. The van der Waals surface area contributed by atoms with Crippen LogP contribution in [0.15, 0.2) is 22.7 Å². The van der Waals surface area contributed by atoms with E-state index in [9.17, 15) is 0 Å². The molecule has 21 heavy (non-hydrogen) atoms. The molecule has 1 nitrogen and oxygen atoms in total. The van der Waals surface area contributed by atoms with Crippen molar-refractivity contribution in [2.24, 2.45) is 29.6 Å². The van der Waals surface area contributed by atoms with Gasteiger partial charge in [0.05, 0.1) is 7.11 Å². The van der Waals surface area contributed by atoms with Crippen LogP contribution in [0.5, 0.6) is 5.75 Å². The molecular weight excluding hydrogens is 392 g/mol. The van der Waals surface area contributed by atoms with Crippen LogP contribution in [0.2, 0.25) is 0 Å². The molecule has 0 radical (unpaired) electrons. The Bertz CT molecular complexity index is 514. The number of rotatable bonds is 3. The molecule has 0 N–H and O–H groups in total. The van der Waals surface area contributed by atoms with Crippen LogP contribution in [0.25, 0.3) is 0 Å². The number of alkyl halides is 1. The Morgan fingerprint density at radius 2 is 1.67 bits per heavy atom. The number of methoxy groups -OCH3 is 1. The number of ether oxygens (including phenoxy) is 1. The van der Waals surface area contributed by atoms with Gasteiger partial charge in [0, 0.05) is 14.9 Å². The molecule has 1 aromatic carbocycles. The lowest BCUT2D eigenvalue weighted by Gasteiger charge is -2.55. The van der Waals surface area contributed by atoms with Gasteiger partial charge in [0.2, 0.25) is 0 Å². The van der Waals surface area contributed by atoms with Crippen LogP contribution in [-0.2, 0) is 0 Å². The smallest absolute Gasteiger partial charge is 0.123 e. The zero-order valence-corrected chi connectivity index (χ0v) is 15.6. The summed E-state index contributed by atoms with van der Waals surface area (Å²) in [6.07, 6.45) is 7.39. The van der Waals surface area contributed by atoms with E-state index >= 15 is 0 Å². The molecule has 0 saturated heterocycles. The highest BCUT2D eigenvalue weighted by molar-refractivity contribution is 9.10. The molecule has 4 aliphatic rings. The molecule has 1 unspecified atom stereocenters. The molecule has 0 heterocycles. The summed E-state index contributed by atoms with van der Waals surface area (Å²) in [4.78, 5) is 0.431. The van der Waals surface area contributed by atoms with Gasteiger partial charge < -0.3 is 4.74 Å². The summed E-state index contributed by atoms with van der Waals surface area (Å²) in [6, 6.07) is 6.39. The summed E-state index contributed by atoms with van der Waals surface area (Å²) in [5, 5.41) is 0. The Labute approximate surface area is 144 Å². The summed E-state index contributed by atoms with van der Waals surface area (Å²) >= 11 is 7.68. The van der Waals surface area contributed by atoms with Crippen molar-refractivity contribution in [3.05, 3.63) is 28.2 Å². The molecule has 0 aromatic heterocycles. The molecule has 1 aromatic rings. The van der Waals surface area contributed by atoms with Gasteiger partial charge in [-0.3, -0.25) is 0 Å². The highest BCUT2D eigenvalue weighted by Crippen LogP contribution is 2.61. The highest BCUT2D eigenvalue weighted by Gasteiger charge is 2.50. The molecule has 0 aliphatic heterocycles. The van der Waals surface area contributed by atoms with Gasteiger partial charge in [0.25, 0.3) is 0 Å². The third-order valence-corrected chi connectivity index (χ3v) is 7.72. The molecule has 5 rings (SSSR count). The first kappa shape index (κ1) is 14.6. The van der Waals surface area contributed by atoms with E-state index in [0.717, 1.165) is 39.8 Å². The van der Waals surface area contributed by atoms with Gasteiger partial charge in [0.1, 0.15) is 5.75 Å². The van der Waals surface area contributed by atoms with E-state index in [0.29, 0.717) is 4.83 Å². The second-order valence-corrected chi connectivity index (χ2v) is 9.20. The molecule has 0 amide bonds. The molecular formula is C18H22Br2O. The van der Waals surface area contributed by atoms with Crippen molar-refractivity contribution in [1.29, 1.82) is 0 Å². The fourth-order valence-electron chi connectivity index (χ4n) is 5.57. The fraction of sp³-hybridized carbons (Fsp3) is 0.667. The van der Waals surface area contributed by atoms with Gasteiger partial charge in [-0.2, -0.15) is 0 Å². The Hall–Kier alpha value is -0.0200. The predicted octanol–water partition coefficient (Wildman–Crippen LogP) is 5.97. The van der Waals surface area contributed by atoms with Gasteiger partial charge in [-0.25, -0.2) is 0 Å². The monoisotopic (exact) mass is 412 g/mol. The largest absolute Gasteiger partial charge is 0.496 e. The number of halogens is 2. The van der Waals surface area contributed by atoms with Gasteiger partial charge in [-0.05, 0) is 79.9 Å². The maximum atomic E-state index is 5.61. The molecule has 114 valence electrons. The lowest BCUT2D eigenvalue weighted by molar-refractivity contribution is -0.0366. The molecule has 0 spiro atoms. The van der Waals surface area contributed by atoms with Gasteiger partial charge in [-0.1, -0.05) is 31.9 Å². The summed E-state index contributed by atoms with van der Waals surface area (Å²) in [7, 11) is 1.78. The van der Waals surface area contributed by atoms with Crippen molar-refractivity contribution in [1.82, 2.24) is 0 Å². The minimum atomic E-state index is 0.431. The molecule has 1 atom stereocenters. The van der Waals surface area contributed by atoms with E-state index in [1.807, 2.05) is 0 Å². The van der Waals surface area contributed by atoms with Gasteiger partial charge >= 0.3 is 0 Å². The summed E-state index contributed by atoms with van der Waals surface area (Å²) < 4.78 is 6.76. The van der Waals surface area contributed by atoms with E-state index < -0.39 is 0 Å². The first-order valence-corrected chi connectivity index (χ1v) is 9.84. The zero-order chi connectivity index (χ0) is 14.6. The Morgan fingerprint density at radius 3 is 2.24 bits per heavy atom. The van der Waals surface area contributed by atoms with Crippen molar-refractivity contribution in [3.8, 4) is 5.75 Å². The van der Waals surface area contributed by atoms with Crippen LogP contribution in [0.1, 0.15) is 42.5 Å². The van der Waals surface area contributed by atoms with Crippen LogP contribution in [0.3, 0.4) is 0 Å². The van der Waals surface area contributed by atoms with Crippen LogP contribution in [0.4, 0.5) is 0 Å². The topological polar surface area (TPSA) is 9.23 Å². The first-order valence-electron chi connectivity index (χ1n) is 8.13. The van der Waals surface area contributed by atoms with Crippen molar-refractivity contribution < 1.29 is 4.74 Å². The van der Waals surface area contributed by atoms with E-state index in [1.165, 1.54) is 37.7 Å². The van der Waals surface area contributed by atoms with E-state index in [2.05, 4.69) is 50.1 Å². The van der Waals surface area contributed by atoms with E-state index in [1.54, 1.807) is 7.11 Å². The quantitative estimate of drug-likeness (QED) is 0.555. The fourth-order valence-corrected chi connectivity index (χ4v) is 7.17. The van der Waals surface area contributed by atoms with E-state index in [4.69, 9.17) is 4.74 Å². The Kier molecular flexibility index (Phi) is 3.86. The third kappa shape index (κ3) is 2.49. The van der Waals surface area contributed by atoms with Gasteiger partial charge in [0.15, 0.2) is 0 Å². The minimum Gasteiger partial charge on any atom is -0.496 e. The number of benzene rings is 1. The van der Waals surface area contributed by atoms with Crippen LogP contribution < -0.4 is 4.74 Å². The Morgan fingerprint density at radius 1 is 1.05 bits per heavy atom. The number of hydrogen-bond donors (Lipinski definition) is 0. The number of hydrogen-bond acceptors (Lipinski definition) is 1. The van der Waals surface area contributed by atoms with Crippen molar-refractivity contribution >= 4 is 31.9 Å². The van der Waals surface area contributed by atoms with Crippen LogP contribution in [-0.4, -0.2) is 7.11 Å². The molecule has 4 aliphatic carbocycles. The second-order valence-electron chi connectivity index (χ2n) is 7.30. The van der Waals surface area contributed by atoms with Crippen molar-refractivity contribution in [2.75, 3.05) is 7.11 Å². The summed E-state index contributed by atoms with van der Waals surface area (Å²) in [5.74, 6) is 5.74. The lowest BCUT2D eigenvalue weighted by Crippen LogP contribution is -2.46. The van der Waals surface area contributed by atoms with Crippen LogP contribution in [0, 0.1) is 29.6 Å². The average Bonchev–Trinajstić information content (AvgIpc) is 2.46. The Balaban J connectivity index is 1.66. The molecule has 4 saturated carbocycles. The molecule has 4 fully saturated rings. The normalized spacial score (nSPS) is 38.5. The predicted molar refractivity (Wildman–Crippen MR) is 92.9 cm³/mol. The zero-order valence-electron chi connectivity index (χ0n) is 12.4.